The van der Waals surface area contributed by atoms with E-state index in [-0.39, 0.29) is 0 Å². The van der Waals surface area contributed by atoms with Gasteiger partial charge in [0.15, 0.2) is 0 Å². The Bertz CT molecular complexity index is 1390. The van der Waals surface area contributed by atoms with E-state index in [0.717, 1.165) is 33.5 Å². The van der Waals surface area contributed by atoms with Crippen LogP contribution in [0.3, 0.4) is 0 Å². The Morgan fingerprint density at radius 3 is 2.11 bits per heavy atom. The standard InChI is InChI=1S/C29H27N3O4/c1-18-25(30-28(35)36-19(2)20-6-4-3-5-7-20)26(32-31-18)23-10-8-21(9-11-23)22-12-14-24(15-13-22)29(16-17-29)27(33)34/h3-15,19H,16-17H2,1-2H3,(H,30,35)(H,31,32)(H,33,34)/t19-/m1/s1. The number of H-pyrrole nitrogens is 1. The van der Waals surface area contributed by atoms with E-state index >= 15 is 0 Å². The molecular weight excluding hydrogens is 454 g/mol. The van der Waals surface area contributed by atoms with Gasteiger partial charge in [0, 0.05) is 5.56 Å². The second-order valence-corrected chi connectivity index (χ2v) is 9.20. The molecule has 1 aliphatic rings. The molecule has 1 fully saturated rings. The van der Waals surface area contributed by atoms with Crippen LogP contribution in [0.4, 0.5) is 10.5 Å². The molecule has 0 bridgehead atoms. The Kier molecular flexibility index (Phi) is 6.06. The van der Waals surface area contributed by atoms with E-state index in [1.165, 1.54) is 0 Å². The maximum atomic E-state index is 12.6. The Labute approximate surface area is 209 Å². The number of ether oxygens (including phenoxy) is 1. The smallest absolute Gasteiger partial charge is 0.412 e. The van der Waals surface area contributed by atoms with Crippen molar-refractivity contribution in [2.24, 2.45) is 0 Å². The van der Waals surface area contributed by atoms with Crippen LogP contribution in [0.1, 0.15) is 42.7 Å². The lowest BCUT2D eigenvalue weighted by Crippen LogP contribution is -2.19. The SMILES string of the molecule is Cc1[nH]nc(-c2ccc(-c3ccc(C4(C(=O)O)CC4)cc3)cc2)c1NC(=O)O[C@H](C)c1ccccc1. The van der Waals surface area contributed by atoms with Crippen LogP contribution in [0.5, 0.6) is 0 Å². The summed E-state index contributed by atoms with van der Waals surface area (Å²) in [6.45, 7) is 3.67. The number of rotatable bonds is 7. The summed E-state index contributed by atoms with van der Waals surface area (Å²) < 4.78 is 5.56. The van der Waals surface area contributed by atoms with Crippen molar-refractivity contribution in [2.75, 3.05) is 5.32 Å². The monoisotopic (exact) mass is 481 g/mol. The molecule has 0 unspecified atom stereocenters. The average molecular weight is 482 g/mol. The molecule has 36 heavy (non-hydrogen) atoms. The first-order valence-electron chi connectivity index (χ1n) is 11.9. The molecule has 3 aromatic carbocycles. The van der Waals surface area contributed by atoms with Crippen molar-refractivity contribution in [2.45, 2.75) is 38.2 Å². The minimum absolute atomic E-state index is 0.391. The first-order valence-corrected chi connectivity index (χ1v) is 11.9. The molecule has 1 heterocycles. The topological polar surface area (TPSA) is 104 Å². The molecular formula is C29H27N3O4. The molecule has 0 saturated heterocycles. The van der Waals surface area contributed by atoms with Crippen LogP contribution in [0, 0.1) is 6.92 Å². The van der Waals surface area contributed by atoms with Gasteiger partial charge in [-0.3, -0.25) is 15.2 Å². The van der Waals surface area contributed by atoms with Gasteiger partial charge >= 0.3 is 12.1 Å². The zero-order valence-corrected chi connectivity index (χ0v) is 20.1. The molecule has 1 aliphatic carbocycles. The summed E-state index contributed by atoms with van der Waals surface area (Å²) in [5, 5.41) is 19.7. The summed E-state index contributed by atoms with van der Waals surface area (Å²) in [6.07, 6.45) is 0.435. The number of anilines is 1. The highest BCUT2D eigenvalue weighted by molar-refractivity contribution is 5.91. The molecule has 1 atom stereocenters. The normalized spacial score (nSPS) is 14.6. The molecule has 1 amide bonds. The molecule has 4 aromatic rings. The second-order valence-electron chi connectivity index (χ2n) is 9.20. The highest BCUT2D eigenvalue weighted by Gasteiger charge is 2.51. The van der Waals surface area contributed by atoms with E-state index in [1.54, 1.807) is 0 Å². The lowest BCUT2D eigenvalue weighted by atomic mass is 9.93. The number of amides is 1. The van der Waals surface area contributed by atoms with Crippen molar-refractivity contribution in [1.29, 1.82) is 0 Å². The average Bonchev–Trinajstić information content (AvgIpc) is 3.64. The van der Waals surface area contributed by atoms with Gasteiger partial charge in [-0.1, -0.05) is 78.9 Å². The number of aromatic nitrogens is 2. The summed E-state index contributed by atoms with van der Waals surface area (Å²) in [5.41, 5.74) is 5.82. The first kappa shape index (κ1) is 23.4. The van der Waals surface area contributed by atoms with Crippen LogP contribution in [-0.4, -0.2) is 27.4 Å². The maximum Gasteiger partial charge on any atom is 0.412 e. The van der Waals surface area contributed by atoms with Crippen LogP contribution in [0.15, 0.2) is 78.9 Å². The maximum absolute atomic E-state index is 12.6. The summed E-state index contributed by atoms with van der Waals surface area (Å²) in [5.74, 6) is -0.753. The van der Waals surface area contributed by atoms with E-state index in [4.69, 9.17) is 4.74 Å². The highest BCUT2D eigenvalue weighted by Crippen LogP contribution is 2.48. The molecule has 182 valence electrons. The number of aryl methyl sites for hydroxylation is 1. The van der Waals surface area contributed by atoms with Crippen LogP contribution in [0.25, 0.3) is 22.4 Å². The number of carbonyl (C=O) groups is 2. The Morgan fingerprint density at radius 2 is 1.53 bits per heavy atom. The number of aliphatic carboxylic acids is 1. The lowest BCUT2D eigenvalue weighted by Gasteiger charge is -2.14. The van der Waals surface area contributed by atoms with Crippen LogP contribution in [-0.2, 0) is 14.9 Å². The fourth-order valence-electron chi connectivity index (χ4n) is 4.43. The van der Waals surface area contributed by atoms with Crippen LogP contribution < -0.4 is 5.32 Å². The van der Waals surface area contributed by atoms with Crippen LogP contribution in [0.2, 0.25) is 0 Å². The van der Waals surface area contributed by atoms with Gasteiger partial charge in [0.2, 0.25) is 0 Å². The van der Waals surface area contributed by atoms with E-state index in [9.17, 15) is 14.7 Å². The molecule has 5 rings (SSSR count). The number of carboxylic acids is 1. The van der Waals surface area contributed by atoms with E-state index in [0.29, 0.717) is 24.2 Å². The third-order valence-corrected chi connectivity index (χ3v) is 6.82. The van der Waals surface area contributed by atoms with Gasteiger partial charge in [-0.05, 0) is 48.9 Å². The van der Waals surface area contributed by atoms with Crippen molar-refractivity contribution in [1.82, 2.24) is 10.2 Å². The van der Waals surface area contributed by atoms with Crippen molar-refractivity contribution < 1.29 is 19.4 Å². The minimum atomic E-state index is -0.753. The molecule has 1 aromatic heterocycles. The van der Waals surface area contributed by atoms with Gasteiger partial charge in [0.05, 0.1) is 16.8 Å². The van der Waals surface area contributed by atoms with Crippen molar-refractivity contribution in [3.8, 4) is 22.4 Å². The molecule has 7 heteroatoms. The second kappa shape index (κ2) is 9.34. The number of nitrogens with zero attached hydrogens (tertiary/aromatic N) is 1. The predicted molar refractivity (Wildman–Crippen MR) is 138 cm³/mol. The summed E-state index contributed by atoms with van der Waals surface area (Å²) in [6, 6.07) is 25.2. The van der Waals surface area contributed by atoms with Crippen molar-refractivity contribution in [3.63, 3.8) is 0 Å². The van der Waals surface area contributed by atoms with Gasteiger partial charge < -0.3 is 9.84 Å². The van der Waals surface area contributed by atoms with Crippen LogP contribution >= 0.6 is 0 Å². The fraction of sp³-hybridized carbons (Fsp3) is 0.207. The number of aromatic amines is 1. The zero-order chi connectivity index (χ0) is 25.3. The molecule has 0 radical (unpaired) electrons. The van der Waals surface area contributed by atoms with E-state index in [2.05, 4.69) is 15.5 Å². The third-order valence-electron chi connectivity index (χ3n) is 6.82. The minimum Gasteiger partial charge on any atom is -0.481 e. The summed E-state index contributed by atoms with van der Waals surface area (Å²) in [4.78, 5) is 24.2. The third kappa shape index (κ3) is 4.47. The number of carboxylic acid groups (broad SMARTS) is 1. The van der Waals surface area contributed by atoms with Gasteiger partial charge in [-0.25, -0.2) is 4.79 Å². The number of hydrogen-bond acceptors (Lipinski definition) is 4. The quantitative estimate of drug-likeness (QED) is 0.280. The van der Waals surface area contributed by atoms with Gasteiger partial charge in [0.1, 0.15) is 11.8 Å². The lowest BCUT2D eigenvalue weighted by molar-refractivity contribution is -0.140. The Balaban J connectivity index is 1.30. The van der Waals surface area contributed by atoms with Gasteiger partial charge in [-0.2, -0.15) is 5.10 Å². The number of carbonyl (C=O) groups excluding carboxylic acids is 1. The fourth-order valence-corrected chi connectivity index (χ4v) is 4.43. The number of benzene rings is 3. The predicted octanol–water partition coefficient (Wildman–Crippen LogP) is 6.48. The van der Waals surface area contributed by atoms with Gasteiger partial charge in [-0.15, -0.1) is 0 Å². The summed E-state index contributed by atoms with van der Waals surface area (Å²) >= 11 is 0. The molecule has 7 nitrogen and oxygen atoms in total. The number of nitrogens with one attached hydrogen (secondary N) is 2. The van der Waals surface area contributed by atoms with Crippen molar-refractivity contribution >= 4 is 17.7 Å². The highest BCUT2D eigenvalue weighted by atomic mass is 16.6. The zero-order valence-electron chi connectivity index (χ0n) is 20.1. The molecule has 1 saturated carbocycles. The largest absolute Gasteiger partial charge is 0.481 e. The first-order chi connectivity index (χ1) is 17.4. The van der Waals surface area contributed by atoms with Crippen molar-refractivity contribution in [3.05, 3.63) is 95.7 Å². The molecule has 0 aliphatic heterocycles. The van der Waals surface area contributed by atoms with Gasteiger partial charge in [0.25, 0.3) is 0 Å². The Hall–Kier alpha value is -4.39. The van der Waals surface area contributed by atoms with E-state index in [1.807, 2.05) is 92.7 Å². The molecule has 0 spiro atoms. The molecule has 3 N–H and O–H groups in total. The number of hydrogen-bond donors (Lipinski definition) is 3. The summed E-state index contributed by atoms with van der Waals surface area (Å²) in [7, 11) is 0. The van der Waals surface area contributed by atoms with E-state index < -0.39 is 23.6 Å². The Morgan fingerprint density at radius 1 is 0.944 bits per heavy atom.